The van der Waals surface area contributed by atoms with Crippen molar-refractivity contribution < 1.29 is 0 Å². The topological polar surface area (TPSA) is 63.8 Å². The summed E-state index contributed by atoms with van der Waals surface area (Å²) in [5, 5.41) is 0.963. The summed E-state index contributed by atoms with van der Waals surface area (Å²) in [6.45, 7) is 4.31. The minimum Gasteiger partial charge on any atom is -0.308 e. The number of para-hydroxylation sites is 1. The van der Waals surface area contributed by atoms with E-state index in [4.69, 9.17) is 5.84 Å². The third kappa shape index (κ3) is 2.22. The second kappa shape index (κ2) is 5.10. The molecule has 4 heteroatoms. The SMILES string of the molecule is CCC(CC)c1nc(NN)c2ccccc2n1. The largest absolute Gasteiger partial charge is 0.308 e. The molecule has 0 unspecified atom stereocenters. The molecule has 17 heavy (non-hydrogen) atoms. The van der Waals surface area contributed by atoms with E-state index in [0.717, 1.165) is 29.6 Å². The van der Waals surface area contributed by atoms with Gasteiger partial charge in [-0.15, -0.1) is 0 Å². The summed E-state index contributed by atoms with van der Waals surface area (Å²) >= 11 is 0. The summed E-state index contributed by atoms with van der Waals surface area (Å²) in [6, 6.07) is 7.90. The van der Waals surface area contributed by atoms with Gasteiger partial charge in [-0.1, -0.05) is 26.0 Å². The predicted molar refractivity (Wildman–Crippen MR) is 70.7 cm³/mol. The lowest BCUT2D eigenvalue weighted by Gasteiger charge is -2.13. The van der Waals surface area contributed by atoms with Gasteiger partial charge in [-0.25, -0.2) is 15.8 Å². The van der Waals surface area contributed by atoms with Crippen molar-refractivity contribution in [2.24, 2.45) is 5.84 Å². The number of hydrogen-bond donors (Lipinski definition) is 2. The Bertz CT molecular complexity index is 506. The number of hydrogen-bond acceptors (Lipinski definition) is 4. The minimum absolute atomic E-state index is 0.395. The summed E-state index contributed by atoms with van der Waals surface area (Å²) in [5.41, 5.74) is 3.60. The van der Waals surface area contributed by atoms with E-state index in [1.807, 2.05) is 24.3 Å². The first-order chi connectivity index (χ1) is 8.30. The van der Waals surface area contributed by atoms with Crippen LogP contribution in [-0.4, -0.2) is 9.97 Å². The minimum atomic E-state index is 0.395. The predicted octanol–water partition coefficient (Wildman–Crippen LogP) is 2.82. The fourth-order valence-corrected chi connectivity index (χ4v) is 2.04. The maximum atomic E-state index is 5.53. The molecule has 0 saturated heterocycles. The highest BCUT2D eigenvalue weighted by molar-refractivity contribution is 5.88. The molecule has 1 aromatic carbocycles. The van der Waals surface area contributed by atoms with E-state index in [1.54, 1.807) is 0 Å². The van der Waals surface area contributed by atoms with Gasteiger partial charge in [-0.2, -0.15) is 0 Å². The van der Waals surface area contributed by atoms with E-state index in [1.165, 1.54) is 0 Å². The Balaban J connectivity index is 2.59. The van der Waals surface area contributed by atoms with E-state index in [-0.39, 0.29) is 0 Å². The summed E-state index contributed by atoms with van der Waals surface area (Å²) in [5.74, 6) is 7.51. The molecule has 0 aliphatic heterocycles. The summed E-state index contributed by atoms with van der Waals surface area (Å²) in [4.78, 5) is 9.13. The quantitative estimate of drug-likeness (QED) is 0.626. The Morgan fingerprint density at radius 3 is 2.53 bits per heavy atom. The first-order valence-corrected chi connectivity index (χ1v) is 6.03. The zero-order valence-electron chi connectivity index (χ0n) is 10.3. The number of aromatic nitrogens is 2. The van der Waals surface area contributed by atoms with E-state index >= 15 is 0 Å². The van der Waals surface area contributed by atoms with Gasteiger partial charge < -0.3 is 5.43 Å². The highest BCUT2D eigenvalue weighted by Crippen LogP contribution is 2.25. The number of hydrazine groups is 1. The summed E-state index contributed by atoms with van der Waals surface area (Å²) in [6.07, 6.45) is 2.08. The zero-order valence-corrected chi connectivity index (χ0v) is 10.3. The van der Waals surface area contributed by atoms with Gasteiger partial charge in [0.15, 0.2) is 5.82 Å². The Morgan fingerprint density at radius 1 is 1.18 bits per heavy atom. The molecule has 0 saturated carbocycles. The standard InChI is InChI=1S/C13H18N4/c1-3-9(4-2)12-15-11-8-6-5-7-10(11)13(16-12)17-14/h5-9H,3-4,14H2,1-2H3,(H,15,16,17). The Morgan fingerprint density at radius 2 is 1.88 bits per heavy atom. The summed E-state index contributed by atoms with van der Waals surface area (Å²) in [7, 11) is 0. The molecule has 4 nitrogen and oxygen atoms in total. The van der Waals surface area contributed by atoms with Crippen LogP contribution < -0.4 is 11.3 Å². The van der Waals surface area contributed by atoms with Crippen LogP contribution >= 0.6 is 0 Å². The molecule has 0 atom stereocenters. The number of nitrogen functional groups attached to an aromatic ring is 1. The van der Waals surface area contributed by atoms with Gasteiger partial charge in [-0.05, 0) is 25.0 Å². The lowest BCUT2D eigenvalue weighted by Crippen LogP contribution is -2.12. The number of nitrogens with one attached hydrogen (secondary N) is 1. The molecule has 1 aromatic heterocycles. The van der Waals surface area contributed by atoms with Crippen molar-refractivity contribution in [1.29, 1.82) is 0 Å². The molecule has 0 spiro atoms. The molecule has 0 aliphatic rings. The van der Waals surface area contributed by atoms with Gasteiger partial charge in [0, 0.05) is 11.3 Å². The van der Waals surface area contributed by atoms with Gasteiger partial charge in [0.1, 0.15) is 5.82 Å². The molecule has 0 aliphatic carbocycles. The lowest BCUT2D eigenvalue weighted by atomic mass is 10.0. The fraction of sp³-hybridized carbons (Fsp3) is 0.385. The average molecular weight is 230 g/mol. The van der Waals surface area contributed by atoms with Crippen molar-refractivity contribution in [3.8, 4) is 0 Å². The van der Waals surface area contributed by atoms with Crippen LogP contribution in [0.4, 0.5) is 5.82 Å². The maximum Gasteiger partial charge on any atom is 0.151 e. The summed E-state index contributed by atoms with van der Waals surface area (Å²) < 4.78 is 0. The second-order valence-corrected chi connectivity index (χ2v) is 4.11. The fourth-order valence-electron chi connectivity index (χ4n) is 2.04. The lowest BCUT2D eigenvalue weighted by molar-refractivity contribution is 0.605. The smallest absolute Gasteiger partial charge is 0.151 e. The molecule has 0 radical (unpaired) electrons. The second-order valence-electron chi connectivity index (χ2n) is 4.11. The van der Waals surface area contributed by atoms with Crippen LogP contribution in [0, 0.1) is 0 Å². The van der Waals surface area contributed by atoms with E-state index in [2.05, 4.69) is 29.2 Å². The Kier molecular flexibility index (Phi) is 3.54. The van der Waals surface area contributed by atoms with Gasteiger partial charge in [0.25, 0.3) is 0 Å². The number of nitrogens with zero attached hydrogens (tertiary/aromatic N) is 2. The highest BCUT2D eigenvalue weighted by atomic mass is 15.3. The van der Waals surface area contributed by atoms with Crippen molar-refractivity contribution in [3.05, 3.63) is 30.1 Å². The van der Waals surface area contributed by atoms with Crippen molar-refractivity contribution in [3.63, 3.8) is 0 Å². The zero-order chi connectivity index (χ0) is 12.3. The average Bonchev–Trinajstić information content (AvgIpc) is 2.39. The number of benzene rings is 1. The molecule has 1 heterocycles. The van der Waals surface area contributed by atoms with Crippen LogP contribution in [-0.2, 0) is 0 Å². The van der Waals surface area contributed by atoms with Gasteiger partial charge in [0.2, 0.25) is 0 Å². The third-order valence-electron chi connectivity index (χ3n) is 3.11. The highest BCUT2D eigenvalue weighted by Gasteiger charge is 2.13. The monoisotopic (exact) mass is 230 g/mol. The number of nitrogens with two attached hydrogens (primary N) is 1. The van der Waals surface area contributed by atoms with E-state index < -0.39 is 0 Å². The Labute approximate surface area is 101 Å². The molecule has 2 rings (SSSR count). The van der Waals surface area contributed by atoms with Gasteiger partial charge >= 0.3 is 0 Å². The molecule has 0 bridgehead atoms. The molecular formula is C13H18N4. The van der Waals surface area contributed by atoms with Crippen molar-refractivity contribution in [1.82, 2.24) is 9.97 Å². The van der Waals surface area contributed by atoms with Crippen molar-refractivity contribution in [2.75, 3.05) is 5.43 Å². The number of fused-ring (bicyclic) bond motifs is 1. The van der Waals surface area contributed by atoms with Crippen LogP contribution in [0.25, 0.3) is 10.9 Å². The Hall–Kier alpha value is -1.68. The van der Waals surface area contributed by atoms with Crippen LogP contribution in [0.1, 0.15) is 38.4 Å². The molecule has 2 aromatic rings. The van der Waals surface area contributed by atoms with Gasteiger partial charge in [0.05, 0.1) is 5.52 Å². The molecule has 0 amide bonds. The first kappa shape index (κ1) is 11.8. The first-order valence-electron chi connectivity index (χ1n) is 6.03. The molecule has 90 valence electrons. The van der Waals surface area contributed by atoms with Crippen LogP contribution in [0.2, 0.25) is 0 Å². The van der Waals surface area contributed by atoms with Crippen LogP contribution in [0.5, 0.6) is 0 Å². The van der Waals surface area contributed by atoms with E-state index in [9.17, 15) is 0 Å². The third-order valence-corrected chi connectivity index (χ3v) is 3.11. The van der Waals surface area contributed by atoms with Crippen molar-refractivity contribution >= 4 is 16.7 Å². The molecule has 3 N–H and O–H groups in total. The van der Waals surface area contributed by atoms with E-state index in [0.29, 0.717) is 11.7 Å². The van der Waals surface area contributed by atoms with Crippen LogP contribution in [0.3, 0.4) is 0 Å². The van der Waals surface area contributed by atoms with Gasteiger partial charge in [-0.3, -0.25) is 0 Å². The normalized spacial score (nSPS) is 11.1. The number of rotatable bonds is 4. The maximum absolute atomic E-state index is 5.53. The number of anilines is 1. The molecule has 0 fully saturated rings. The molecular weight excluding hydrogens is 212 g/mol. The van der Waals surface area contributed by atoms with Crippen molar-refractivity contribution in [2.45, 2.75) is 32.6 Å². The van der Waals surface area contributed by atoms with Crippen LogP contribution in [0.15, 0.2) is 24.3 Å².